The molecule has 6 N–H and O–H groups in total. The Morgan fingerprint density at radius 2 is 1.18 bits per heavy atom. The molecule has 174 valence electrons. The molecule has 0 spiro atoms. The largest absolute Gasteiger partial charge is 0.465 e. The van der Waals surface area contributed by atoms with Crippen molar-refractivity contribution < 1.29 is 38.2 Å². The van der Waals surface area contributed by atoms with Crippen LogP contribution in [0.1, 0.15) is 20.8 Å². The summed E-state index contributed by atoms with van der Waals surface area (Å²) >= 11 is 0. The standard InChI is InChI=1S/C21H15F2N5O6/c22-13-7-11(2-5-15(13)27-20(31)32)25-18(29)10-1-4-17(24-9-10)19(30)26-12-3-6-16(14(23)8-12)28-21(33)34/h1-9,27-28H,(H,25,29)(H,26,30)(H,31,32)(H,33,34). The topological polar surface area (TPSA) is 170 Å². The number of carbonyl (C=O) groups excluding carboxylic acids is 2. The first kappa shape index (κ1) is 23.6. The highest BCUT2D eigenvalue weighted by atomic mass is 19.1. The Bertz CT molecular complexity index is 1180. The first-order chi connectivity index (χ1) is 16.1. The van der Waals surface area contributed by atoms with Crippen LogP contribution in [0.3, 0.4) is 0 Å². The van der Waals surface area contributed by atoms with Gasteiger partial charge in [0, 0.05) is 17.6 Å². The Kier molecular flexibility index (Phi) is 6.96. The van der Waals surface area contributed by atoms with Crippen LogP contribution in [-0.2, 0) is 0 Å². The third kappa shape index (κ3) is 6.00. The van der Waals surface area contributed by atoms with Crippen molar-refractivity contribution in [3.8, 4) is 0 Å². The minimum absolute atomic E-state index is 0.0415. The van der Waals surface area contributed by atoms with E-state index in [1.54, 1.807) is 0 Å². The highest BCUT2D eigenvalue weighted by molar-refractivity contribution is 6.06. The molecule has 3 rings (SSSR count). The van der Waals surface area contributed by atoms with Crippen molar-refractivity contribution in [1.82, 2.24) is 4.98 Å². The number of aromatic nitrogens is 1. The fraction of sp³-hybridized carbons (Fsp3) is 0. The predicted molar refractivity (Wildman–Crippen MR) is 116 cm³/mol. The molecule has 0 saturated carbocycles. The highest BCUT2D eigenvalue weighted by Gasteiger charge is 2.14. The van der Waals surface area contributed by atoms with Crippen molar-refractivity contribution >= 4 is 46.8 Å². The molecule has 0 atom stereocenters. The number of carbonyl (C=O) groups is 4. The highest BCUT2D eigenvalue weighted by Crippen LogP contribution is 2.21. The summed E-state index contributed by atoms with van der Waals surface area (Å²) in [6, 6.07) is 9.21. The van der Waals surface area contributed by atoms with Crippen molar-refractivity contribution in [3.05, 3.63) is 77.6 Å². The van der Waals surface area contributed by atoms with Crippen LogP contribution in [0.5, 0.6) is 0 Å². The normalized spacial score (nSPS) is 10.2. The summed E-state index contributed by atoms with van der Waals surface area (Å²) in [5.74, 6) is -3.17. The van der Waals surface area contributed by atoms with E-state index in [1.165, 1.54) is 24.3 Å². The monoisotopic (exact) mass is 471 g/mol. The van der Waals surface area contributed by atoms with E-state index in [0.717, 1.165) is 30.5 Å². The molecule has 0 saturated heterocycles. The minimum atomic E-state index is -1.44. The van der Waals surface area contributed by atoms with Gasteiger partial charge in [-0.05, 0) is 48.5 Å². The third-order valence-corrected chi connectivity index (χ3v) is 4.20. The van der Waals surface area contributed by atoms with Gasteiger partial charge in [-0.25, -0.2) is 18.4 Å². The summed E-state index contributed by atoms with van der Waals surface area (Å²) in [4.78, 5) is 49.7. The molecule has 1 heterocycles. The number of hydrogen-bond donors (Lipinski definition) is 6. The number of nitrogens with one attached hydrogen (secondary N) is 4. The van der Waals surface area contributed by atoms with Crippen LogP contribution in [0, 0.1) is 11.6 Å². The predicted octanol–water partition coefficient (Wildman–Crippen LogP) is 4.04. The third-order valence-electron chi connectivity index (χ3n) is 4.20. The Labute approximate surface area is 189 Å². The van der Waals surface area contributed by atoms with Gasteiger partial charge in [0.2, 0.25) is 0 Å². The number of pyridine rings is 1. The number of benzene rings is 2. The van der Waals surface area contributed by atoms with Gasteiger partial charge in [0.1, 0.15) is 17.3 Å². The number of anilines is 4. The molecule has 0 bridgehead atoms. The molecule has 0 aliphatic heterocycles. The maximum absolute atomic E-state index is 13.9. The molecule has 11 nitrogen and oxygen atoms in total. The van der Waals surface area contributed by atoms with Crippen molar-refractivity contribution in [3.63, 3.8) is 0 Å². The fourth-order valence-electron chi connectivity index (χ4n) is 2.68. The van der Waals surface area contributed by atoms with Crippen LogP contribution in [0.15, 0.2) is 54.7 Å². The van der Waals surface area contributed by atoms with Crippen LogP contribution >= 0.6 is 0 Å². The summed E-state index contributed by atoms with van der Waals surface area (Å²) in [7, 11) is 0. The molecule has 0 radical (unpaired) electrons. The molecule has 0 aliphatic carbocycles. The number of carboxylic acid groups (broad SMARTS) is 2. The zero-order valence-corrected chi connectivity index (χ0v) is 16.9. The van der Waals surface area contributed by atoms with E-state index in [2.05, 4.69) is 15.6 Å². The fourth-order valence-corrected chi connectivity index (χ4v) is 2.68. The average molecular weight is 471 g/mol. The second kappa shape index (κ2) is 10.0. The summed E-state index contributed by atoms with van der Waals surface area (Å²) in [6.45, 7) is 0. The van der Waals surface area contributed by atoms with Gasteiger partial charge in [-0.2, -0.15) is 0 Å². The van der Waals surface area contributed by atoms with Gasteiger partial charge in [0.15, 0.2) is 0 Å². The number of nitrogens with zero attached hydrogens (tertiary/aromatic N) is 1. The molecular weight excluding hydrogens is 456 g/mol. The summed E-state index contributed by atoms with van der Waals surface area (Å²) in [5, 5.41) is 25.8. The quantitative estimate of drug-likeness (QED) is 0.315. The lowest BCUT2D eigenvalue weighted by Crippen LogP contribution is -2.16. The molecule has 0 aliphatic rings. The van der Waals surface area contributed by atoms with E-state index in [0.29, 0.717) is 0 Å². The van der Waals surface area contributed by atoms with Crippen molar-refractivity contribution in [2.45, 2.75) is 0 Å². The Balaban J connectivity index is 1.64. The smallest absolute Gasteiger partial charge is 0.409 e. The van der Waals surface area contributed by atoms with Gasteiger partial charge in [0.25, 0.3) is 11.8 Å². The number of amides is 4. The molecule has 34 heavy (non-hydrogen) atoms. The van der Waals surface area contributed by atoms with Crippen LogP contribution < -0.4 is 21.3 Å². The molecule has 2 aromatic carbocycles. The first-order valence-electron chi connectivity index (χ1n) is 9.30. The van der Waals surface area contributed by atoms with E-state index in [1.807, 2.05) is 10.6 Å². The van der Waals surface area contributed by atoms with E-state index in [4.69, 9.17) is 10.2 Å². The number of hydrogen-bond acceptors (Lipinski definition) is 5. The summed E-state index contributed by atoms with van der Waals surface area (Å²) in [5.41, 5.74) is -0.519. The maximum atomic E-state index is 13.9. The number of rotatable bonds is 6. The van der Waals surface area contributed by atoms with E-state index < -0.39 is 35.6 Å². The molecule has 0 unspecified atom stereocenters. The Morgan fingerprint density at radius 3 is 1.59 bits per heavy atom. The van der Waals surface area contributed by atoms with Crippen LogP contribution in [0.2, 0.25) is 0 Å². The molecular formula is C21H15F2N5O6. The van der Waals surface area contributed by atoms with Crippen molar-refractivity contribution in [2.24, 2.45) is 0 Å². The summed E-state index contributed by atoms with van der Waals surface area (Å²) in [6.07, 6.45) is -1.79. The lowest BCUT2D eigenvalue weighted by atomic mass is 10.2. The second-order valence-electron chi connectivity index (χ2n) is 6.59. The molecule has 13 heteroatoms. The first-order valence-corrected chi connectivity index (χ1v) is 9.30. The maximum Gasteiger partial charge on any atom is 0.409 e. The van der Waals surface area contributed by atoms with Crippen LogP contribution in [0.4, 0.5) is 41.1 Å². The zero-order valence-electron chi connectivity index (χ0n) is 16.9. The molecule has 1 aromatic heterocycles. The second-order valence-corrected chi connectivity index (χ2v) is 6.59. The SMILES string of the molecule is O=C(O)Nc1ccc(NC(=O)c2ccc(C(=O)Nc3ccc(NC(=O)O)c(F)c3)nc2)cc1F. The van der Waals surface area contributed by atoms with Gasteiger partial charge >= 0.3 is 12.2 Å². The summed E-state index contributed by atoms with van der Waals surface area (Å²) < 4.78 is 27.8. The minimum Gasteiger partial charge on any atom is -0.465 e. The Morgan fingerprint density at radius 1 is 0.676 bits per heavy atom. The van der Waals surface area contributed by atoms with Crippen LogP contribution in [-0.4, -0.2) is 39.2 Å². The molecule has 3 aromatic rings. The van der Waals surface area contributed by atoms with Gasteiger partial charge < -0.3 is 20.8 Å². The van der Waals surface area contributed by atoms with Gasteiger partial charge in [-0.3, -0.25) is 25.2 Å². The van der Waals surface area contributed by atoms with Crippen LogP contribution in [0.25, 0.3) is 0 Å². The lowest BCUT2D eigenvalue weighted by molar-refractivity contribution is 0.101. The lowest BCUT2D eigenvalue weighted by Gasteiger charge is -2.09. The van der Waals surface area contributed by atoms with E-state index in [9.17, 15) is 28.0 Å². The van der Waals surface area contributed by atoms with E-state index in [-0.39, 0.29) is 34.0 Å². The average Bonchev–Trinajstić information content (AvgIpc) is 2.77. The van der Waals surface area contributed by atoms with Crippen molar-refractivity contribution in [2.75, 3.05) is 21.3 Å². The molecule has 4 amide bonds. The number of halogens is 2. The van der Waals surface area contributed by atoms with Crippen molar-refractivity contribution in [1.29, 1.82) is 0 Å². The Hall–Kier alpha value is -5.07. The molecule has 0 fully saturated rings. The van der Waals surface area contributed by atoms with Gasteiger partial charge in [-0.1, -0.05) is 0 Å². The van der Waals surface area contributed by atoms with E-state index >= 15 is 0 Å². The zero-order chi connectivity index (χ0) is 24.8. The van der Waals surface area contributed by atoms with Gasteiger partial charge in [-0.15, -0.1) is 0 Å². The van der Waals surface area contributed by atoms with Gasteiger partial charge in [0.05, 0.1) is 16.9 Å².